The highest BCUT2D eigenvalue weighted by molar-refractivity contribution is 7.80. The number of hydrogen-bond donors (Lipinski definition) is 2. The van der Waals surface area contributed by atoms with Crippen LogP contribution in [0.3, 0.4) is 0 Å². The Morgan fingerprint density at radius 3 is 2.60 bits per heavy atom. The van der Waals surface area contributed by atoms with Crippen molar-refractivity contribution in [3.63, 3.8) is 0 Å². The van der Waals surface area contributed by atoms with Crippen LogP contribution in [0.25, 0.3) is 0 Å². The number of para-hydroxylation sites is 1. The lowest BCUT2D eigenvalue weighted by molar-refractivity contribution is 0.169. The van der Waals surface area contributed by atoms with E-state index in [1.807, 2.05) is 42.3 Å². The van der Waals surface area contributed by atoms with E-state index in [4.69, 9.17) is 12.2 Å². The van der Waals surface area contributed by atoms with Crippen LogP contribution >= 0.6 is 12.2 Å². The Morgan fingerprint density at radius 2 is 2.07 bits per heavy atom. The van der Waals surface area contributed by atoms with Crippen LogP contribution in [0.5, 0.6) is 0 Å². The van der Waals surface area contributed by atoms with Crippen molar-refractivity contribution in [2.75, 3.05) is 18.9 Å². The number of aliphatic hydroxyl groups is 1. The van der Waals surface area contributed by atoms with Crippen LogP contribution < -0.4 is 5.32 Å². The molecular weight excluding hydrogens is 208 g/mol. The van der Waals surface area contributed by atoms with Crippen molar-refractivity contribution in [2.24, 2.45) is 0 Å². The Kier molecular flexibility index (Phi) is 4.52. The van der Waals surface area contributed by atoms with Crippen LogP contribution in [-0.4, -0.2) is 34.8 Å². The summed E-state index contributed by atoms with van der Waals surface area (Å²) in [4.78, 5) is 1.81. The molecule has 1 aromatic rings. The second-order valence-corrected chi connectivity index (χ2v) is 3.91. The highest BCUT2D eigenvalue weighted by Crippen LogP contribution is 2.06. The summed E-state index contributed by atoms with van der Waals surface area (Å²) in [5.74, 6) is 0. The average Bonchev–Trinajstić information content (AvgIpc) is 2.18. The van der Waals surface area contributed by atoms with E-state index in [0.29, 0.717) is 11.7 Å². The number of rotatable bonds is 3. The molecule has 0 aliphatic rings. The molecule has 0 spiro atoms. The lowest BCUT2D eigenvalue weighted by Crippen LogP contribution is -2.36. The SMILES string of the molecule is C[C@@H](O)CN(C)C(=S)Nc1ccccc1. The summed E-state index contributed by atoms with van der Waals surface area (Å²) in [6.07, 6.45) is -0.384. The van der Waals surface area contributed by atoms with Crippen LogP contribution in [0.2, 0.25) is 0 Å². The first-order valence-electron chi connectivity index (χ1n) is 4.85. The molecule has 0 aliphatic heterocycles. The zero-order chi connectivity index (χ0) is 11.3. The molecule has 0 saturated carbocycles. The van der Waals surface area contributed by atoms with Gasteiger partial charge in [0.15, 0.2) is 5.11 Å². The fourth-order valence-corrected chi connectivity index (χ4v) is 1.41. The van der Waals surface area contributed by atoms with Gasteiger partial charge in [0.25, 0.3) is 0 Å². The van der Waals surface area contributed by atoms with E-state index in [0.717, 1.165) is 5.69 Å². The van der Waals surface area contributed by atoms with E-state index >= 15 is 0 Å². The molecule has 1 atom stereocenters. The predicted molar refractivity (Wildman–Crippen MR) is 67.0 cm³/mol. The van der Waals surface area contributed by atoms with E-state index in [-0.39, 0.29) is 6.10 Å². The highest BCUT2D eigenvalue weighted by atomic mass is 32.1. The Labute approximate surface area is 95.7 Å². The van der Waals surface area contributed by atoms with Crippen LogP contribution in [0.4, 0.5) is 5.69 Å². The topological polar surface area (TPSA) is 35.5 Å². The Morgan fingerprint density at radius 1 is 1.47 bits per heavy atom. The molecule has 0 aromatic heterocycles. The zero-order valence-electron chi connectivity index (χ0n) is 8.97. The first-order valence-corrected chi connectivity index (χ1v) is 5.25. The number of likely N-dealkylation sites (N-methyl/N-ethyl adjacent to an activating group) is 1. The van der Waals surface area contributed by atoms with E-state index in [9.17, 15) is 5.11 Å². The minimum absolute atomic E-state index is 0.384. The smallest absolute Gasteiger partial charge is 0.173 e. The van der Waals surface area contributed by atoms with E-state index in [2.05, 4.69) is 5.32 Å². The fourth-order valence-electron chi connectivity index (χ4n) is 1.22. The molecule has 4 heteroatoms. The number of nitrogens with zero attached hydrogens (tertiary/aromatic N) is 1. The van der Waals surface area contributed by atoms with Crippen LogP contribution in [0.15, 0.2) is 30.3 Å². The zero-order valence-corrected chi connectivity index (χ0v) is 9.79. The molecule has 2 N–H and O–H groups in total. The van der Waals surface area contributed by atoms with E-state index in [1.165, 1.54) is 0 Å². The van der Waals surface area contributed by atoms with Gasteiger partial charge in [-0.15, -0.1) is 0 Å². The minimum atomic E-state index is -0.384. The normalized spacial score (nSPS) is 11.9. The van der Waals surface area contributed by atoms with Gasteiger partial charge in [0.1, 0.15) is 0 Å². The first kappa shape index (κ1) is 11.9. The molecule has 0 radical (unpaired) electrons. The van der Waals surface area contributed by atoms with Crippen LogP contribution in [-0.2, 0) is 0 Å². The molecule has 0 bridgehead atoms. The predicted octanol–water partition coefficient (Wildman–Crippen LogP) is 1.70. The van der Waals surface area contributed by atoms with Gasteiger partial charge in [0.2, 0.25) is 0 Å². The van der Waals surface area contributed by atoms with Gasteiger partial charge >= 0.3 is 0 Å². The molecule has 3 nitrogen and oxygen atoms in total. The number of aliphatic hydroxyl groups excluding tert-OH is 1. The Bertz CT molecular complexity index is 314. The van der Waals surface area contributed by atoms with Gasteiger partial charge in [-0.1, -0.05) is 18.2 Å². The quantitative estimate of drug-likeness (QED) is 0.766. The van der Waals surface area contributed by atoms with Gasteiger partial charge in [-0.2, -0.15) is 0 Å². The third-order valence-electron chi connectivity index (χ3n) is 1.91. The van der Waals surface area contributed by atoms with Crippen LogP contribution in [0.1, 0.15) is 6.92 Å². The van der Waals surface area contributed by atoms with E-state index < -0.39 is 0 Å². The van der Waals surface area contributed by atoms with Crippen molar-refractivity contribution in [2.45, 2.75) is 13.0 Å². The largest absolute Gasteiger partial charge is 0.392 e. The van der Waals surface area contributed by atoms with E-state index in [1.54, 1.807) is 6.92 Å². The van der Waals surface area contributed by atoms with Gasteiger partial charge in [-0.3, -0.25) is 0 Å². The number of nitrogens with one attached hydrogen (secondary N) is 1. The summed E-state index contributed by atoms with van der Waals surface area (Å²) in [5.41, 5.74) is 0.958. The molecule has 15 heavy (non-hydrogen) atoms. The fraction of sp³-hybridized carbons (Fsp3) is 0.364. The summed E-state index contributed by atoms with van der Waals surface area (Å²) in [5, 5.41) is 12.9. The van der Waals surface area contributed by atoms with Crippen molar-refractivity contribution in [1.29, 1.82) is 0 Å². The number of benzene rings is 1. The summed E-state index contributed by atoms with van der Waals surface area (Å²) in [6, 6.07) is 9.73. The first-order chi connectivity index (χ1) is 7.09. The molecule has 1 rings (SSSR count). The molecular formula is C11H16N2OS. The number of hydrogen-bond acceptors (Lipinski definition) is 2. The van der Waals surface area contributed by atoms with Crippen LogP contribution in [0, 0.1) is 0 Å². The minimum Gasteiger partial charge on any atom is -0.392 e. The lowest BCUT2D eigenvalue weighted by atomic mass is 10.3. The van der Waals surface area contributed by atoms with Crippen molar-refractivity contribution in [3.8, 4) is 0 Å². The standard InChI is InChI=1S/C11H16N2OS/c1-9(14)8-13(2)11(15)12-10-6-4-3-5-7-10/h3-7,9,14H,8H2,1-2H3,(H,12,15)/t9-/m1/s1. The van der Waals surface area contributed by atoms with Gasteiger partial charge in [-0.05, 0) is 31.3 Å². The summed E-state index contributed by atoms with van der Waals surface area (Å²) >= 11 is 5.18. The molecule has 0 unspecified atom stereocenters. The monoisotopic (exact) mass is 224 g/mol. The van der Waals surface area contributed by atoms with Gasteiger partial charge in [0, 0.05) is 19.3 Å². The molecule has 0 heterocycles. The highest BCUT2D eigenvalue weighted by Gasteiger charge is 2.06. The number of anilines is 1. The molecule has 0 saturated heterocycles. The second kappa shape index (κ2) is 5.68. The van der Waals surface area contributed by atoms with Gasteiger partial charge < -0.3 is 15.3 Å². The summed E-state index contributed by atoms with van der Waals surface area (Å²) in [6.45, 7) is 2.26. The van der Waals surface area contributed by atoms with Crippen molar-refractivity contribution in [3.05, 3.63) is 30.3 Å². The summed E-state index contributed by atoms with van der Waals surface area (Å²) in [7, 11) is 1.85. The molecule has 82 valence electrons. The Balaban J connectivity index is 2.49. The lowest BCUT2D eigenvalue weighted by Gasteiger charge is -2.22. The third kappa shape index (κ3) is 4.27. The molecule has 0 aliphatic carbocycles. The molecule has 0 amide bonds. The van der Waals surface area contributed by atoms with Gasteiger partial charge in [0.05, 0.1) is 6.10 Å². The van der Waals surface area contributed by atoms with Crippen molar-refractivity contribution < 1.29 is 5.11 Å². The maximum Gasteiger partial charge on any atom is 0.173 e. The average molecular weight is 224 g/mol. The summed E-state index contributed by atoms with van der Waals surface area (Å²) < 4.78 is 0. The molecule has 0 fully saturated rings. The second-order valence-electron chi connectivity index (χ2n) is 3.53. The van der Waals surface area contributed by atoms with Gasteiger partial charge in [-0.25, -0.2) is 0 Å². The molecule has 1 aromatic carbocycles. The van der Waals surface area contributed by atoms with Crippen molar-refractivity contribution >= 4 is 23.0 Å². The maximum atomic E-state index is 9.21. The van der Waals surface area contributed by atoms with Crippen molar-refractivity contribution in [1.82, 2.24) is 4.90 Å². The maximum absolute atomic E-state index is 9.21. The number of thiocarbonyl (C=S) groups is 1. The Hall–Kier alpha value is -1.13. The third-order valence-corrected chi connectivity index (χ3v) is 2.32.